The van der Waals surface area contributed by atoms with E-state index in [1.807, 2.05) is 60.4 Å². The maximum Gasteiger partial charge on any atom is 0.236 e. The molecule has 4 nitrogen and oxygen atoms in total. The van der Waals surface area contributed by atoms with Gasteiger partial charge in [0.15, 0.2) is 0 Å². The van der Waals surface area contributed by atoms with Gasteiger partial charge >= 0.3 is 0 Å². The van der Waals surface area contributed by atoms with Crippen LogP contribution in [0.15, 0.2) is 54.7 Å². The molecule has 1 aromatic heterocycles. The summed E-state index contributed by atoms with van der Waals surface area (Å²) in [5, 5.41) is 3.15. The monoisotopic (exact) mass is 283 g/mol. The molecule has 2 aromatic rings. The van der Waals surface area contributed by atoms with Gasteiger partial charge in [-0.1, -0.05) is 36.4 Å². The largest absolute Gasteiger partial charge is 0.338 e. The predicted molar refractivity (Wildman–Crippen MR) is 83.5 cm³/mol. The third kappa shape index (κ3) is 5.00. The van der Waals surface area contributed by atoms with Crippen LogP contribution in [0.4, 0.5) is 0 Å². The number of carbonyl (C=O) groups excluding carboxylic acids is 1. The van der Waals surface area contributed by atoms with Crippen molar-refractivity contribution >= 4 is 5.91 Å². The van der Waals surface area contributed by atoms with E-state index in [2.05, 4.69) is 10.3 Å². The highest BCUT2D eigenvalue weighted by Crippen LogP contribution is 2.04. The summed E-state index contributed by atoms with van der Waals surface area (Å²) in [6.07, 6.45) is 1.76. The van der Waals surface area contributed by atoms with E-state index in [0.717, 1.165) is 11.3 Å². The molecule has 0 fully saturated rings. The number of hydrogen-bond acceptors (Lipinski definition) is 3. The van der Waals surface area contributed by atoms with Crippen LogP contribution in [-0.2, 0) is 17.9 Å². The highest BCUT2D eigenvalue weighted by Gasteiger charge is 2.11. The number of carbonyl (C=O) groups is 1. The number of aromatic nitrogens is 1. The molecule has 0 saturated carbocycles. The van der Waals surface area contributed by atoms with E-state index in [1.54, 1.807) is 6.20 Å². The zero-order valence-electron chi connectivity index (χ0n) is 12.3. The fraction of sp³-hybridized carbons (Fsp3) is 0.294. The molecule has 1 N–H and O–H groups in total. The van der Waals surface area contributed by atoms with Crippen molar-refractivity contribution in [1.82, 2.24) is 15.2 Å². The highest BCUT2D eigenvalue weighted by atomic mass is 16.2. The fourth-order valence-electron chi connectivity index (χ4n) is 2.09. The summed E-state index contributed by atoms with van der Waals surface area (Å²) in [5.41, 5.74) is 2.09. The van der Waals surface area contributed by atoms with Crippen LogP contribution in [0.1, 0.15) is 18.2 Å². The molecule has 0 saturated heterocycles. The van der Waals surface area contributed by atoms with E-state index in [9.17, 15) is 4.79 Å². The van der Waals surface area contributed by atoms with E-state index >= 15 is 0 Å². The summed E-state index contributed by atoms with van der Waals surface area (Å²) >= 11 is 0. The lowest BCUT2D eigenvalue weighted by atomic mass is 10.2. The van der Waals surface area contributed by atoms with Crippen LogP contribution in [0, 0.1) is 0 Å². The van der Waals surface area contributed by atoms with Crippen LogP contribution in [0.3, 0.4) is 0 Å². The Labute approximate surface area is 125 Å². The van der Waals surface area contributed by atoms with Gasteiger partial charge < -0.3 is 10.2 Å². The van der Waals surface area contributed by atoms with Gasteiger partial charge in [0.25, 0.3) is 0 Å². The topological polar surface area (TPSA) is 45.2 Å². The molecular weight excluding hydrogens is 262 g/mol. The van der Waals surface area contributed by atoms with Gasteiger partial charge in [-0.2, -0.15) is 0 Å². The number of rotatable bonds is 7. The van der Waals surface area contributed by atoms with Gasteiger partial charge in [-0.25, -0.2) is 0 Å². The minimum absolute atomic E-state index is 0.109. The lowest BCUT2D eigenvalue weighted by molar-refractivity contribution is -0.130. The number of likely N-dealkylation sites (N-methyl/N-ethyl adjacent to an activating group) is 1. The zero-order valence-corrected chi connectivity index (χ0v) is 12.3. The number of benzene rings is 1. The molecule has 0 spiro atoms. The molecule has 2 rings (SSSR count). The summed E-state index contributed by atoms with van der Waals surface area (Å²) in [4.78, 5) is 18.3. The minimum Gasteiger partial charge on any atom is -0.338 e. The standard InChI is InChI=1S/C17H21N3O/c1-2-20(14-15-8-4-3-5-9-15)17(21)13-18-12-16-10-6-7-11-19-16/h3-11,18H,2,12-14H2,1H3. The normalized spacial score (nSPS) is 10.3. The first-order chi connectivity index (χ1) is 10.3. The quantitative estimate of drug-likeness (QED) is 0.847. The minimum atomic E-state index is 0.109. The second kappa shape index (κ2) is 8.17. The lowest BCUT2D eigenvalue weighted by Crippen LogP contribution is -2.37. The molecule has 0 atom stereocenters. The van der Waals surface area contributed by atoms with E-state index in [4.69, 9.17) is 0 Å². The molecule has 0 bridgehead atoms. The molecule has 0 aliphatic heterocycles. The molecular formula is C17H21N3O. The first-order valence-electron chi connectivity index (χ1n) is 7.22. The number of hydrogen-bond donors (Lipinski definition) is 1. The van der Waals surface area contributed by atoms with Crippen molar-refractivity contribution in [3.8, 4) is 0 Å². The number of nitrogens with one attached hydrogen (secondary N) is 1. The van der Waals surface area contributed by atoms with Gasteiger partial charge in [0.2, 0.25) is 5.91 Å². The summed E-state index contributed by atoms with van der Waals surface area (Å²) < 4.78 is 0. The number of nitrogens with zero attached hydrogens (tertiary/aromatic N) is 2. The maximum absolute atomic E-state index is 12.2. The van der Waals surface area contributed by atoms with Crippen molar-refractivity contribution in [1.29, 1.82) is 0 Å². The van der Waals surface area contributed by atoms with E-state index in [0.29, 0.717) is 26.2 Å². The first-order valence-corrected chi connectivity index (χ1v) is 7.22. The average Bonchev–Trinajstić information content (AvgIpc) is 2.54. The molecule has 1 aromatic carbocycles. The van der Waals surface area contributed by atoms with Crippen molar-refractivity contribution in [2.24, 2.45) is 0 Å². The Balaban J connectivity index is 1.80. The summed E-state index contributed by atoms with van der Waals surface area (Å²) in [6.45, 7) is 4.30. The summed E-state index contributed by atoms with van der Waals surface area (Å²) in [6, 6.07) is 15.8. The Kier molecular flexibility index (Phi) is 5.91. The second-order valence-corrected chi connectivity index (χ2v) is 4.82. The van der Waals surface area contributed by atoms with Crippen LogP contribution in [0.5, 0.6) is 0 Å². The third-order valence-electron chi connectivity index (χ3n) is 3.26. The maximum atomic E-state index is 12.2. The van der Waals surface area contributed by atoms with Gasteiger partial charge in [-0.3, -0.25) is 9.78 Å². The van der Waals surface area contributed by atoms with Gasteiger partial charge in [0, 0.05) is 25.8 Å². The second-order valence-electron chi connectivity index (χ2n) is 4.82. The molecule has 0 aliphatic rings. The Morgan fingerprint density at radius 3 is 2.57 bits per heavy atom. The number of pyridine rings is 1. The SMILES string of the molecule is CCN(Cc1ccccc1)C(=O)CNCc1ccccn1. The first kappa shape index (κ1) is 15.2. The smallest absolute Gasteiger partial charge is 0.236 e. The van der Waals surface area contributed by atoms with E-state index in [1.165, 1.54) is 0 Å². The van der Waals surface area contributed by atoms with Crippen LogP contribution in [0.25, 0.3) is 0 Å². The van der Waals surface area contributed by atoms with Crippen LogP contribution in [0.2, 0.25) is 0 Å². The van der Waals surface area contributed by atoms with Crippen molar-refractivity contribution in [3.63, 3.8) is 0 Å². The summed E-state index contributed by atoms with van der Waals surface area (Å²) in [5.74, 6) is 0.109. The lowest BCUT2D eigenvalue weighted by Gasteiger charge is -2.21. The summed E-state index contributed by atoms with van der Waals surface area (Å²) in [7, 11) is 0. The van der Waals surface area contributed by atoms with Crippen molar-refractivity contribution in [2.75, 3.05) is 13.1 Å². The number of amides is 1. The molecule has 110 valence electrons. The van der Waals surface area contributed by atoms with Gasteiger partial charge in [0.05, 0.1) is 12.2 Å². The van der Waals surface area contributed by atoms with Crippen molar-refractivity contribution in [2.45, 2.75) is 20.0 Å². The van der Waals surface area contributed by atoms with Gasteiger partial charge in [-0.05, 0) is 24.6 Å². The van der Waals surface area contributed by atoms with Crippen LogP contribution < -0.4 is 5.32 Å². The van der Waals surface area contributed by atoms with Gasteiger partial charge in [-0.15, -0.1) is 0 Å². The van der Waals surface area contributed by atoms with Crippen LogP contribution in [-0.4, -0.2) is 28.9 Å². The molecule has 1 amide bonds. The molecule has 0 unspecified atom stereocenters. The Morgan fingerprint density at radius 2 is 1.90 bits per heavy atom. The van der Waals surface area contributed by atoms with Crippen LogP contribution >= 0.6 is 0 Å². The van der Waals surface area contributed by atoms with E-state index < -0.39 is 0 Å². The highest BCUT2D eigenvalue weighted by molar-refractivity contribution is 5.78. The third-order valence-corrected chi connectivity index (χ3v) is 3.26. The average molecular weight is 283 g/mol. The molecule has 4 heteroatoms. The Bertz CT molecular complexity index is 542. The van der Waals surface area contributed by atoms with Gasteiger partial charge in [0.1, 0.15) is 0 Å². The zero-order chi connectivity index (χ0) is 14.9. The van der Waals surface area contributed by atoms with Crippen molar-refractivity contribution in [3.05, 3.63) is 66.0 Å². The molecule has 21 heavy (non-hydrogen) atoms. The molecule has 0 aliphatic carbocycles. The fourth-order valence-corrected chi connectivity index (χ4v) is 2.09. The molecule has 1 heterocycles. The molecule has 0 radical (unpaired) electrons. The Morgan fingerprint density at radius 1 is 1.14 bits per heavy atom. The predicted octanol–water partition coefficient (Wildman–Crippen LogP) is 2.22. The Hall–Kier alpha value is -2.20. The van der Waals surface area contributed by atoms with Crippen molar-refractivity contribution < 1.29 is 4.79 Å². The van der Waals surface area contributed by atoms with E-state index in [-0.39, 0.29) is 5.91 Å².